The van der Waals surface area contributed by atoms with Gasteiger partial charge in [-0.1, -0.05) is 0 Å². The van der Waals surface area contributed by atoms with Crippen molar-refractivity contribution < 1.29 is 9.47 Å². The maximum atomic E-state index is 5.68. The van der Waals surface area contributed by atoms with E-state index >= 15 is 0 Å². The molecule has 2 fully saturated rings. The Balaban J connectivity index is 1.89. The van der Waals surface area contributed by atoms with Crippen LogP contribution in [0.4, 0.5) is 0 Å². The molecule has 0 aromatic heterocycles. The van der Waals surface area contributed by atoms with E-state index in [1.165, 1.54) is 0 Å². The van der Waals surface area contributed by atoms with Crippen molar-refractivity contribution in [3.05, 3.63) is 0 Å². The molecule has 2 saturated heterocycles. The van der Waals surface area contributed by atoms with Crippen molar-refractivity contribution in [1.82, 2.24) is 4.90 Å². The highest BCUT2D eigenvalue weighted by Gasteiger charge is 2.48. The average Bonchev–Trinajstić information content (AvgIpc) is 2.31. The molecule has 2 rings (SSSR count). The third-order valence-electron chi connectivity index (χ3n) is 2.62. The lowest BCUT2D eigenvalue weighted by Crippen LogP contribution is -2.59. The lowest BCUT2D eigenvalue weighted by atomic mass is 9.91. The SMILES string of the molecule is COC1COC2(C1)CN(C)C2. The zero-order chi connectivity index (χ0) is 7.90. The Kier molecular flexibility index (Phi) is 1.67. The smallest absolute Gasteiger partial charge is 0.0961 e. The molecule has 64 valence electrons. The van der Waals surface area contributed by atoms with Crippen LogP contribution in [0, 0.1) is 0 Å². The summed E-state index contributed by atoms with van der Waals surface area (Å²) in [6, 6.07) is 0. The minimum atomic E-state index is 0.162. The van der Waals surface area contributed by atoms with E-state index in [9.17, 15) is 0 Å². The zero-order valence-electron chi connectivity index (χ0n) is 7.17. The standard InChI is InChI=1S/C8H15NO2/c1-9-5-8(6-9)3-7(10-2)4-11-8/h7H,3-6H2,1-2H3. The monoisotopic (exact) mass is 157 g/mol. The zero-order valence-corrected chi connectivity index (χ0v) is 7.17. The van der Waals surface area contributed by atoms with Crippen molar-refractivity contribution in [1.29, 1.82) is 0 Å². The average molecular weight is 157 g/mol. The third-order valence-corrected chi connectivity index (χ3v) is 2.62. The molecule has 0 saturated carbocycles. The Hall–Kier alpha value is -0.120. The first-order valence-electron chi connectivity index (χ1n) is 4.09. The quantitative estimate of drug-likeness (QED) is 0.539. The van der Waals surface area contributed by atoms with Gasteiger partial charge in [-0.15, -0.1) is 0 Å². The topological polar surface area (TPSA) is 21.7 Å². The molecule has 0 aromatic carbocycles. The minimum absolute atomic E-state index is 0.162. The molecule has 3 nitrogen and oxygen atoms in total. The Morgan fingerprint density at radius 2 is 2.27 bits per heavy atom. The van der Waals surface area contributed by atoms with Crippen molar-refractivity contribution in [3.63, 3.8) is 0 Å². The summed E-state index contributed by atoms with van der Waals surface area (Å²) in [5, 5.41) is 0. The second-order valence-electron chi connectivity index (χ2n) is 3.73. The number of methoxy groups -OCH3 is 1. The fourth-order valence-corrected chi connectivity index (χ4v) is 2.11. The van der Waals surface area contributed by atoms with Gasteiger partial charge in [-0.3, -0.25) is 0 Å². The highest BCUT2D eigenvalue weighted by Crippen LogP contribution is 2.34. The number of hydrogen-bond acceptors (Lipinski definition) is 3. The Morgan fingerprint density at radius 1 is 1.55 bits per heavy atom. The Labute approximate surface area is 67.3 Å². The molecule has 0 amide bonds. The maximum Gasteiger partial charge on any atom is 0.0961 e. The second kappa shape index (κ2) is 2.44. The van der Waals surface area contributed by atoms with Crippen LogP contribution < -0.4 is 0 Å². The van der Waals surface area contributed by atoms with Crippen molar-refractivity contribution in [2.75, 3.05) is 33.9 Å². The second-order valence-corrected chi connectivity index (χ2v) is 3.73. The van der Waals surface area contributed by atoms with Crippen molar-refractivity contribution in [3.8, 4) is 0 Å². The van der Waals surface area contributed by atoms with Crippen LogP contribution in [0.15, 0.2) is 0 Å². The van der Waals surface area contributed by atoms with Crippen LogP contribution >= 0.6 is 0 Å². The highest BCUT2D eigenvalue weighted by molar-refractivity contribution is 5.01. The highest BCUT2D eigenvalue weighted by atomic mass is 16.6. The molecule has 2 aliphatic heterocycles. The summed E-state index contributed by atoms with van der Waals surface area (Å²) in [6.45, 7) is 2.93. The number of hydrogen-bond donors (Lipinski definition) is 0. The molecule has 3 heteroatoms. The molecule has 11 heavy (non-hydrogen) atoms. The molecule has 2 heterocycles. The Bertz CT molecular complexity index is 154. The molecule has 0 aliphatic carbocycles. The van der Waals surface area contributed by atoms with Gasteiger partial charge in [0.05, 0.1) is 18.3 Å². The predicted octanol–water partition coefficient (Wildman–Crippen LogP) is 0.106. The predicted molar refractivity (Wildman–Crippen MR) is 41.6 cm³/mol. The molecule has 2 aliphatic rings. The first kappa shape index (κ1) is 7.53. The van der Waals surface area contributed by atoms with Gasteiger partial charge in [0.2, 0.25) is 0 Å². The van der Waals surface area contributed by atoms with Gasteiger partial charge in [-0.05, 0) is 7.05 Å². The Morgan fingerprint density at radius 3 is 2.73 bits per heavy atom. The lowest BCUT2D eigenvalue weighted by molar-refractivity contribution is -0.101. The van der Waals surface area contributed by atoms with Crippen molar-refractivity contribution >= 4 is 0 Å². The summed E-state index contributed by atoms with van der Waals surface area (Å²) in [6.07, 6.45) is 1.41. The summed E-state index contributed by atoms with van der Waals surface area (Å²) < 4.78 is 10.9. The third kappa shape index (κ3) is 1.17. The fraction of sp³-hybridized carbons (Fsp3) is 1.00. The normalized spacial score (nSPS) is 36.0. The minimum Gasteiger partial charge on any atom is -0.379 e. The van der Waals surface area contributed by atoms with E-state index in [0.29, 0.717) is 6.10 Å². The molecule has 0 radical (unpaired) electrons. The van der Waals surface area contributed by atoms with E-state index in [2.05, 4.69) is 11.9 Å². The van der Waals surface area contributed by atoms with Crippen LogP contribution in [-0.2, 0) is 9.47 Å². The van der Waals surface area contributed by atoms with E-state index in [1.807, 2.05) is 0 Å². The number of ether oxygens (including phenoxy) is 2. The molecule has 1 atom stereocenters. The van der Waals surface area contributed by atoms with E-state index in [-0.39, 0.29) is 5.60 Å². The summed E-state index contributed by atoms with van der Waals surface area (Å²) >= 11 is 0. The van der Waals surface area contributed by atoms with E-state index in [4.69, 9.17) is 9.47 Å². The molecule has 0 N–H and O–H groups in total. The number of likely N-dealkylation sites (tertiary alicyclic amines) is 1. The maximum absolute atomic E-state index is 5.68. The van der Waals surface area contributed by atoms with Gasteiger partial charge in [-0.2, -0.15) is 0 Å². The van der Waals surface area contributed by atoms with Crippen LogP contribution in [0.1, 0.15) is 6.42 Å². The van der Waals surface area contributed by atoms with Crippen LogP contribution in [-0.4, -0.2) is 50.5 Å². The van der Waals surface area contributed by atoms with Gasteiger partial charge < -0.3 is 14.4 Å². The van der Waals surface area contributed by atoms with Crippen LogP contribution in [0.25, 0.3) is 0 Å². The molecular formula is C8H15NO2. The number of rotatable bonds is 1. The van der Waals surface area contributed by atoms with Crippen molar-refractivity contribution in [2.45, 2.75) is 18.1 Å². The number of likely N-dealkylation sites (N-methyl/N-ethyl adjacent to an activating group) is 1. The van der Waals surface area contributed by atoms with Gasteiger partial charge >= 0.3 is 0 Å². The molecule has 1 unspecified atom stereocenters. The van der Waals surface area contributed by atoms with Crippen LogP contribution in [0.3, 0.4) is 0 Å². The first-order valence-corrected chi connectivity index (χ1v) is 4.09. The number of nitrogens with zero attached hydrogens (tertiary/aromatic N) is 1. The van der Waals surface area contributed by atoms with E-state index < -0.39 is 0 Å². The molecule has 1 spiro atoms. The first-order chi connectivity index (χ1) is 5.24. The molecule has 0 bridgehead atoms. The summed E-state index contributed by atoms with van der Waals surface area (Å²) in [4.78, 5) is 2.28. The van der Waals surface area contributed by atoms with E-state index in [0.717, 1.165) is 26.1 Å². The fourth-order valence-electron chi connectivity index (χ4n) is 2.11. The summed E-state index contributed by atoms with van der Waals surface area (Å²) in [5.74, 6) is 0. The van der Waals surface area contributed by atoms with Crippen LogP contribution in [0.5, 0.6) is 0 Å². The largest absolute Gasteiger partial charge is 0.379 e. The molecule has 0 aromatic rings. The lowest BCUT2D eigenvalue weighted by Gasteiger charge is -2.45. The van der Waals surface area contributed by atoms with Gasteiger partial charge in [0, 0.05) is 26.6 Å². The van der Waals surface area contributed by atoms with Crippen molar-refractivity contribution in [2.24, 2.45) is 0 Å². The molecular weight excluding hydrogens is 142 g/mol. The van der Waals surface area contributed by atoms with E-state index in [1.54, 1.807) is 7.11 Å². The summed E-state index contributed by atoms with van der Waals surface area (Å²) in [7, 11) is 3.88. The van der Waals surface area contributed by atoms with Crippen LogP contribution in [0.2, 0.25) is 0 Å². The summed E-state index contributed by atoms with van der Waals surface area (Å²) in [5.41, 5.74) is 0.162. The van der Waals surface area contributed by atoms with Gasteiger partial charge in [0.1, 0.15) is 0 Å². The van der Waals surface area contributed by atoms with Gasteiger partial charge in [0.15, 0.2) is 0 Å². The van der Waals surface area contributed by atoms with Gasteiger partial charge in [-0.25, -0.2) is 0 Å². The van der Waals surface area contributed by atoms with Gasteiger partial charge in [0.25, 0.3) is 0 Å².